The molecule has 1 aliphatic heterocycles. The molecule has 1 saturated heterocycles. The second-order valence-electron chi connectivity index (χ2n) is 6.97. The molecule has 26 heavy (non-hydrogen) atoms. The average Bonchev–Trinajstić information content (AvgIpc) is 2.95. The zero-order valence-electron chi connectivity index (χ0n) is 15.1. The van der Waals surface area contributed by atoms with Gasteiger partial charge in [0, 0.05) is 38.1 Å². The van der Waals surface area contributed by atoms with E-state index in [1.807, 2.05) is 29.2 Å². The van der Waals surface area contributed by atoms with Crippen molar-refractivity contribution >= 4 is 16.8 Å². The molecule has 0 spiro atoms. The highest BCUT2D eigenvalue weighted by Crippen LogP contribution is 2.18. The van der Waals surface area contributed by atoms with E-state index in [0.717, 1.165) is 50.0 Å². The average molecular weight is 348 g/mol. The fourth-order valence-corrected chi connectivity index (χ4v) is 3.64. The van der Waals surface area contributed by atoms with Crippen LogP contribution in [0.25, 0.3) is 10.9 Å². The maximum absolute atomic E-state index is 13.0. The number of amides is 1. The largest absolute Gasteiger partial charge is 0.336 e. The van der Waals surface area contributed by atoms with Crippen molar-refractivity contribution in [3.63, 3.8) is 0 Å². The standard InChI is InChI=1S/C21H24N4O/c1-16-7-2-3-8-17(16)15-24-11-6-12-25(14-13-24)21(26)20-18-9-4-5-10-19(18)22-23-20/h2-5,7-10H,6,11-15H2,1H3,(H,22,23). The summed E-state index contributed by atoms with van der Waals surface area (Å²) < 4.78 is 0. The number of carbonyl (C=O) groups excluding carboxylic acids is 1. The number of hydrogen-bond acceptors (Lipinski definition) is 3. The summed E-state index contributed by atoms with van der Waals surface area (Å²) in [6, 6.07) is 16.3. The highest BCUT2D eigenvalue weighted by atomic mass is 16.2. The third-order valence-corrected chi connectivity index (χ3v) is 5.20. The van der Waals surface area contributed by atoms with Gasteiger partial charge in [-0.3, -0.25) is 14.8 Å². The van der Waals surface area contributed by atoms with Crippen molar-refractivity contribution < 1.29 is 4.79 Å². The van der Waals surface area contributed by atoms with Crippen LogP contribution in [0.1, 0.15) is 28.0 Å². The molecule has 134 valence electrons. The maximum atomic E-state index is 13.0. The zero-order valence-corrected chi connectivity index (χ0v) is 15.1. The van der Waals surface area contributed by atoms with E-state index in [1.165, 1.54) is 11.1 Å². The fourth-order valence-electron chi connectivity index (χ4n) is 3.64. The highest BCUT2D eigenvalue weighted by molar-refractivity contribution is 6.04. The predicted octanol–water partition coefficient (Wildman–Crippen LogP) is 3.22. The van der Waals surface area contributed by atoms with Crippen molar-refractivity contribution in [2.24, 2.45) is 0 Å². The number of rotatable bonds is 3. The van der Waals surface area contributed by atoms with Gasteiger partial charge in [0.25, 0.3) is 5.91 Å². The van der Waals surface area contributed by atoms with E-state index in [2.05, 4.69) is 46.3 Å². The number of nitrogens with one attached hydrogen (secondary N) is 1. The lowest BCUT2D eigenvalue weighted by Crippen LogP contribution is -2.35. The number of benzene rings is 2. The summed E-state index contributed by atoms with van der Waals surface area (Å²) in [4.78, 5) is 17.4. The Balaban J connectivity index is 1.45. The maximum Gasteiger partial charge on any atom is 0.275 e. The first kappa shape index (κ1) is 16.8. The van der Waals surface area contributed by atoms with Crippen molar-refractivity contribution in [3.05, 3.63) is 65.4 Å². The van der Waals surface area contributed by atoms with Gasteiger partial charge < -0.3 is 4.90 Å². The molecule has 0 aliphatic carbocycles. The minimum atomic E-state index is 0.0280. The SMILES string of the molecule is Cc1ccccc1CN1CCCN(C(=O)c2n[nH]c3ccccc23)CC1. The Morgan fingerprint density at radius 3 is 2.73 bits per heavy atom. The van der Waals surface area contributed by atoms with Gasteiger partial charge in [-0.2, -0.15) is 5.10 Å². The molecule has 5 nitrogen and oxygen atoms in total. The fraction of sp³-hybridized carbons (Fsp3) is 0.333. The Morgan fingerprint density at radius 2 is 1.85 bits per heavy atom. The summed E-state index contributed by atoms with van der Waals surface area (Å²) in [5, 5.41) is 8.13. The van der Waals surface area contributed by atoms with Gasteiger partial charge in [-0.1, -0.05) is 42.5 Å². The zero-order chi connectivity index (χ0) is 17.9. The molecular weight excluding hydrogens is 324 g/mol. The molecule has 0 atom stereocenters. The summed E-state index contributed by atoms with van der Waals surface area (Å²) in [7, 11) is 0. The number of para-hydroxylation sites is 1. The summed E-state index contributed by atoms with van der Waals surface area (Å²) in [6.07, 6.45) is 0.986. The number of aromatic amines is 1. The lowest BCUT2D eigenvalue weighted by Gasteiger charge is -2.22. The van der Waals surface area contributed by atoms with Crippen LogP contribution in [0.5, 0.6) is 0 Å². The summed E-state index contributed by atoms with van der Waals surface area (Å²) in [5.74, 6) is 0.0280. The normalized spacial score (nSPS) is 16.0. The van der Waals surface area contributed by atoms with Crippen LogP contribution in [-0.4, -0.2) is 52.1 Å². The van der Waals surface area contributed by atoms with Crippen LogP contribution in [0, 0.1) is 6.92 Å². The first-order valence-electron chi connectivity index (χ1n) is 9.21. The summed E-state index contributed by atoms with van der Waals surface area (Å²) >= 11 is 0. The molecule has 2 aromatic carbocycles. The van der Waals surface area contributed by atoms with Gasteiger partial charge in [-0.05, 0) is 30.5 Å². The van der Waals surface area contributed by atoms with Gasteiger partial charge in [0.05, 0.1) is 5.52 Å². The van der Waals surface area contributed by atoms with Crippen LogP contribution >= 0.6 is 0 Å². The summed E-state index contributed by atoms with van der Waals surface area (Å²) in [6.45, 7) is 6.53. The molecular formula is C21H24N4O. The number of aromatic nitrogens is 2. The monoisotopic (exact) mass is 348 g/mol. The molecule has 0 radical (unpaired) electrons. The first-order chi connectivity index (χ1) is 12.7. The van der Waals surface area contributed by atoms with E-state index in [9.17, 15) is 4.79 Å². The quantitative estimate of drug-likeness (QED) is 0.791. The highest BCUT2D eigenvalue weighted by Gasteiger charge is 2.23. The molecule has 1 N–H and O–H groups in total. The molecule has 1 aliphatic rings. The number of fused-ring (bicyclic) bond motifs is 1. The number of hydrogen-bond donors (Lipinski definition) is 1. The molecule has 0 bridgehead atoms. The number of carbonyl (C=O) groups is 1. The summed E-state index contributed by atoms with van der Waals surface area (Å²) in [5.41, 5.74) is 4.14. The smallest absolute Gasteiger partial charge is 0.275 e. The van der Waals surface area contributed by atoms with Gasteiger partial charge in [-0.25, -0.2) is 0 Å². The van der Waals surface area contributed by atoms with Crippen molar-refractivity contribution in [1.29, 1.82) is 0 Å². The van der Waals surface area contributed by atoms with Crippen molar-refractivity contribution in [2.45, 2.75) is 19.9 Å². The molecule has 5 heteroatoms. The minimum Gasteiger partial charge on any atom is -0.336 e. The van der Waals surface area contributed by atoms with Gasteiger partial charge in [0.15, 0.2) is 5.69 Å². The Morgan fingerprint density at radius 1 is 1.04 bits per heavy atom. The van der Waals surface area contributed by atoms with Crippen LogP contribution < -0.4 is 0 Å². The van der Waals surface area contributed by atoms with Gasteiger partial charge >= 0.3 is 0 Å². The van der Waals surface area contributed by atoms with E-state index < -0.39 is 0 Å². The minimum absolute atomic E-state index is 0.0280. The molecule has 0 unspecified atom stereocenters. The Hall–Kier alpha value is -2.66. The molecule has 4 rings (SSSR count). The number of nitrogens with zero attached hydrogens (tertiary/aromatic N) is 3. The van der Waals surface area contributed by atoms with Crippen LogP contribution in [0.15, 0.2) is 48.5 Å². The van der Waals surface area contributed by atoms with Crippen molar-refractivity contribution in [3.8, 4) is 0 Å². The second-order valence-corrected chi connectivity index (χ2v) is 6.97. The molecule has 0 saturated carbocycles. The molecule has 2 heterocycles. The topological polar surface area (TPSA) is 52.2 Å². The Labute approximate surface area is 153 Å². The van der Waals surface area contributed by atoms with Crippen LogP contribution in [0.4, 0.5) is 0 Å². The predicted molar refractivity (Wildman–Crippen MR) is 103 cm³/mol. The van der Waals surface area contributed by atoms with Crippen molar-refractivity contribution in [2.75, 3.05) is 26.2 Å². The third kappa shape index (κ3) is 3.35. The van der Waals surface area contributed by atoms with Crippen LogP contribution in [0.3, 0.4) is 0 Å². The van der Waals surface area contributed by atoms with E-state index in [-0.39, 0.29) is 5.91 Å². The Bertz CT molecular complexity index is 917. The lowest BCUT2D eigenvalue weighted by atomic mass is 10.1. The third-order valence-electron chi connectivity index (χ3n) is 5.20. The van der Waals surface area contributed by atoms with Gasteiger partial charge in [0.1, 0.15) is 0 Å². The lowest BCUT2D eigenvalue weighted by molar-refractivity contribution is 0.0757. The van der Waals surface area contributed by atoms with Crippen LogP contribution in [-0.2, 0) is 6.54 Å². The van der Waals surface area contributed by atoms with E-state index in [4.69, 9.17) is 0 Å². The van der Waals surface area contributed by atoms with E-state index in [1.54, 1.807) is 0 Å². The molecule has 3 aromatic rings. The Kier molecular flexibility index (Phi) is 4.71. The number of H-pyrrole nitrogens is 1. The van der Waals surface area contributed by atoms with E-state index in [0.29, 0.717) is 5.69 Å². The first-order valence-corrected chi connectivity index (χ1v) is 9.21. The second kappa shape index (κ2) is 7.30. The van der Waals surface area contributed by atoms with Gasteiger partial charge in [0.2, 0.25) is 0 Å². The molecule has 1 aromatic heterocycles. The molecule has 1 fully saturated rings. The number of aryl methyl sites for hydroxylation is 1. The van der Waals surface area contributed by atoms with Crippen LogP contribution in [0.2, 0.25) is 0 Å². The van der Waals surface area contributed by atoms with E-state index >= 15 is 0 Å². The van der Waals surface area contributed by atoms with Gasteiger partial charge in [-0.15, -0.1) is 0 Å². The molecule has 1 amide bonds. The van der Waals surface area contributed by atoms with Crippen molar-refractivity contribution in [1.82, 2.24) is 20.0 Å².